The third kappa shape index (κ3) is 4.11. The van der Waals surface area contributed by atoms with Gasteiger partial charge in [0, 0.05) is 6.42 Å². The van der Waals surface area contributed by atoms with Crippen molar-refractivity contribution in [1.82, 2.24) is 0 Å². The summed E-state index contributed by atoms with van der Waals surface area (Å²) in [4.78, 5) is 0. The highest BCUT2D eigenvalue weighted by Gasteiger charge is 2.19. The second kappa shape index (κ2) is 6.50. The quantitative estimate of drug-likeness (QED) is 0.553. The van der Waals surface area contributed by atoms with Crippen LogP contribution in [0.25, 0.3) is 0 Å². The van der Waals surface area contributed by atoms with Crippen LogP contribution in [0.15, 0.2) is 18.2 Å². The molecule has 0 spiro atoms. The molecule has 0 saturated heterocycles. The van der Waals surface area contributed by atoms with Gasteiger partial charge in [0.15, 0.2) is 0 Å². The Morgan fingerprint density at radius 3 is 2.56 bits per heavy atom. The summed E-state index contributed by atoms with van der Waals surface area (Å²) in [5, 5.41) is 0. The van der Waals surface area contributed by atoms with Crippen LogP contribution in [0.4, 0.5) is 0 Å². The molecular weight excluding hydrogens is 220 g/mol. The van der Waals surface area contributed by atoms with E-state index in [2.05, 4.69) is 51.8 Å². The van der Waals surface area contributed by atoms with Gasteiger partial charge in [0.1, 0.15) is 5.75 Å². The first-order valence-corrected chi connectivity index (χ1v) is 6.68. The summed E-state index contributed by atoms with van der Waals surface area (Å²) in [5.74, 6) is 3.63. The van der Waals surface area contributed by atoms with Gasteiger partial charge in [0.05, 0.1) is 6.61 Å². The maximum Gasteiger partial charge on any atom is 0.123 e. The van der Waals surface area contributed by atoms with Crippen LogP contribution in [0, 0.1) is 12.3 Å². The molecule has 0 aromatic heterocycles. The van der Waals surface area contributed by atoms with Crippen molar-refractivity contribution in [2.45, 2.75) is 52.4 Å². The average molecular weight is 244 g/mol. The lowest BCUT2D eigenvalue weighted by Gasteiger charge is -2.23. The maximum absolute atomic E-state index is 5.87. The van der Waals surface area contributed by atoms with Gasteiger partial charge in [0.2, 0.25) is 0 Å². The first kappa shape index (κ1) is 14.6. The van der Waals surface area contributed by atoms with Crippen molar-refractivity contribution in [2.75, 3.05) is 6.61 Å². The zero-order chi connectivity index (χ0) is 13.6. The lowest BCUT2D eigenvalue weighted by Crippen LogP contribution is -2.14. The van der Waals surface area contributed by atoms with E-state index in [4.69, 9.17) is 11.2 Å². The Kier molecular flexibility index (Phi) is 5.28. The van der Waals surface area contributed by atoms with Gasteiger partial charge in [-0.1, -0.05) is 39.8 Å². The van der Waals surface area contributed by atoms with Gasteiger partial charge < -0.3 is 4.74 Å². The van der Waals surface area contributed by atoms with Gasteiger partial charge in [-0.05, 0) is 35.4 Å². The van der Waals surface area contributed by atoms with Crippen molar-refractivity contribution in [3.05, 3.63) is 29.3 Å². The first-order valence-electron chi connectivity index (χ1n) is 6.68. The highest BCUT2D eigenvalue weighted by Crippen LogP contribution is 2.32. The van der Waals surface area contributed by atoms with Crippen molar-refractivity contribution in [3.8, 4) is 18.1 Å². The molecule has 0 aliphatic carbocycles. The second-order valence-corrected chi connectivity index (χ2v) is 5.59. The standard InChI is InChI=1S/C17H24O/c1-6-8-9-12-18-16-11-10-14(7-2)13-15(16)17(3,4)5/h1,10-11,13H,7-9,12H2,2-5H3. The van der Waals surface area contributed by atoms with Crippen LogP contribution in [0.3, 0.4) is 0 Å². The van der Waals surface area contributed by atoms with Crippen LogP contribution in [0.1, 0.15) is 51.7 Å². The normalized spacial score (nSPS) is 11.1. The molecule has 0 unspecified atom stereocenters. The number of hydrogen-bond acceptors (Lipinski definition) is 1. The summed E-state index contributed by atoms with van der Waals surface area (Å²) in [6.45, 7) is 9.52. The molecule has 1 nitrogen and oxygen atoms in total. The zero-order valence-corrected chi connectivity index (χ0v) is 12.0. The number of terminal acetylenes is 1. The van der Waals surface area contributed by atoms with E-state index in [0.717, 1.165) is 25.0 Å². The number of rotatable bonds is 5. The number of aryl methyl sites for hydroxylation is 1. The molecule has 0 radical (unpaired) electrons. The van der Waals surface area contributed by atoms with Crippen LogP contribution in [-0.4, -0.2) is 6.61 Å². The SMILES string of the molecule is C#CCCCOc1ccc(CC)cc1C(C)(C)C. The Hall–Kier alpha value is -1.42. The zero-order valence-electron chi connectivity index (χ0n) is 12.0. The van der Waals surface area contributed by atoms with Gasteiger partial charge in [-0.25, -0.2) is 0 Å². The van der Waals surface area contributed by atoms with E-state index in [0.29, 0.717) is 6.61 Å². The molecule has 98 valence electrons. The highest BCUT2D eigenvalue weighted by atomic mass is 16.5. The lowest BCUT2D eigenvalue weighted by molar-refractivity contribution is 0.304. The molecule has 0 bridgehead atoms. The van der Waals surface area contributed by atoms with E-state index < -0.39 is 0 Å². The topological polar surface area (TPSA) is 9.23 Å². The van der Waals surface area contributed by atoms with Crippen LogP contribution in [-0.2, 0) is 11.8 Å². The summed E-state index contributed by atoms with van der Waals surface area (Å²) >= 11 is 0. The summed E-state index contributed by atoms with van der Waals surface area (Å²) < 4.78 is 5.87. The Balaban J connectivity index is 2.86. The smallest absolute Gasteiger partial charge is 0.123 e. The Labute approximate surface area is 112 Å². The minimum atomic E-state index is 0.104. The molecule has 0 atom stereocenters. The minimum absolute atomic E-state index is 0.104. The molecule has 0 aliphatic rings. The molecule has 1 rings (SSSR count). The van der Waals surface area contributed by atoms with Crippen LogP contribution >= 0.6 is 0 Å². The minimum Gasteiger partial charge on any atom is -0.493 e. The third-order valence-electron chi connectivity index (χ3n) is 2.98. The first-order chi connectivity index (χ1) is 8.49. The van der Waals surface area contributed by atoms with Gasteiger partial charge in [-0.3, -0.25) is 0 Å². The van der Waals surface area contributed by atoms with Gasteiger partial charge >= 0.3 is 0 Å². The Morgan fingerprint density at radius 2 is 2.00 bits per heavy atom. The molecule has 18 heavy (non-hydrogen) atoms. The van der Waals surface area contributed by atoms with E-state index in [1.165, 1.54) is 11.1 Å². The monoisotopic (exact) mass is 244 g/mol. The highest BCUT2D eigenvalue weighted by molar-refractivity contribution is 5.41. The van der Waals surface area contributed by atoms with E-state index in [-0.39, 0.29) is 5.41 Å². The molecule has 0 N–H and O–H groups in total. The lowest BCUT2D eigenvalue weighted by atomic mass is 9.85. The molecular formula is C17H24O. The molecule has 1 aromatic rings. The molecule has 0 fully saturated rings. The fourth-order valence-corrected chi connectivity index (χ4v) is 1.87. The predicted molar refractivity (Wildman–Crippen MR) is 78.1 cm³/mol. The fourth-order valence-electron chi connectivity index (χ4n) is 1.87. The Bertz CT molecular complexity index is 418. The van der Waals surface area contributed by atoms with Gasteiger partial charge in [0.25, 0.3) is 0 Å². The molecule has 0 aliphatic heterocycles. The van der Waals surface area contributed by atoms with E-state index in [9.17, 15) is 0 Å². The van der Waals surface area contributed by atoms with E-state index >= 15 is 0 Å². The molecule has 0 amide bonds. The summed E-state index contributed by atoms with van der Waals surface area (Å²) in [7, 11) is 0. The summed E-state index contributed by atoms with van der Waals surface area (Å²) in [6.07, 6.45) is 7.98. The molecule has 0 saturated carbocycles. The van der Waals surface area contributed by atoms with Crippen LogP contribution < -0.4 is 4.74 Å². The van der Waals surface area contributed by atoms with Gasteiger partial charge in [-0.15, -0.1) is 12.3 Å². The Morgan fingerprint density at radius 1 is 1.28 bits per heavy atom. The number of benzene rings is 1. The largest absolute Gasteiger partial charge is 0.493 e. The van der Waals surface area contributed by atoms with E-state index in [1.54, 1.807) is 0 Å². The predicted octanol–water partition coefficient (Wildman–Crippen LogP) is 4.34. The number of hydrogen-bond donors (Lipinski definition) is 0. The second-order valence-electron chi connectivity index (χ2n) is 5.59. The van der Waals surface area contributed by atoms with Crippen molar-refractivity contribution < 1.29 is 4.74 Å². The van der Waals surface area contributed by atoms with E-state index in [1.807, 2.05) is 0 Å². The molecule has 1 heteroatoms. The van der Waals surface area contributed by atoms with Crippen molar-refractivity contribution >= 4 is 0 Å². The van der Waals surface area contributed by atoms with Crippen molar-refractivity contribution in [3.63, 3.8) is 0 Å². The maximum atomic E-state index is 5.87. The van der Waals surface area contributed by atoms with Crippen molar-refractivity contribution in [1.29, 1.82) is 0 Å². The summed E-state index contributed by atoms with van der Waals surface area (Å²) in [6, 6.07) is 6.50. The van der Waals surface area contributed by atoms with Gasteiger partial charge in [-0.2, -0.15) is 0 Å². The number of ether oxygens (including phenoxy) is 1. The van der Waals surface area contributed by atoms with Crippen LogP contribution in [0.5, 0.6) is 5.75 Å². The van der Waals surface area contributed by atoms with Crippen molar-refractivity contribution in [2.24, 2.45) is 0 Å². The average Bonchev–Trinajstić information content (AvgIpc) is 2.33. The summed E-state index contributed by atoms with van der Waals surface area (Å²) in [5.41, 5.74) is 2.74. The third-order valence-corrected chi connectivity index (χ3v) is 2.98. The molecule has 1 aromatic carbocycles. The fraction of sp³-hybridized carbons (Fsp3) is 0.529. The number of unbranched alkanes of at least 4 members (excludes halogenated alkanes) is 1. The van der Waals surface area contributed by atoms with Crippen LogP contribution in [0.2, 0.25) is 0 Å². The molecule has 0 heterocycles.